The second kappa shape index (κ2) is 1.16. The molecule has 44 valence electrons. The van der Waals surface area contributed by atoms with Gasteiger partial charge in [-0.3, -0.25) is 0 Å². The van der Waals surface area contributed by atoms with Crippen LogP contribution in [0, 0.1) is 0 Å². The van der Waals surface area contributed by atoms with Gasteiger partial charge in [0.2, 0.25) is 0 Å². The van der Waals surface area contributed by atoms with E-state index in [2.05, 4.69) is 19.2 Å². The largest absolute Gasteiger partial charge is 0.311 e. The third-order valence-electron chi connectivity index (χ3n) is 2.47. The first-order chi connectivity index (χ1) is 3.81. The van der Waals surface area contributed by atoms with Crippen LogP contribution in [0.5, 0.6) is 0 Å². The van der Waals surface area contributed by atoms with Gasteiger partial charge in [0.15, 0.2) is 0 Å². The zero-order valence-corrected chi connectivity index (χ0v) is 5.30. The predicted octanol–water partition coefficient (Wildman–Crippen LogP) is 0.775. The minimum atomic E-state index is 0.898. The summed E-state index contributed by atoms with van der Waals surface area (Å²) in [4.78, 5) is 0. The van der Waals surface area contributed by atoms with Gasteiger partial charge in [0.1, 0.15) is 19.1 Å². The van der Waals surface area contributed by atoms with Crippen LogP contribution in [0.25, 0.3) is 0 Å². The highest BCUT2D eigenvalue weighted by molar-refractivity contribution is 5.05. The minimum absolute atomic E-state index is 0.898. The van der Waals surface area contributed by atoms with E-state index < -0.39 is 0 Å². The van der Waals surface area contributed by atoms with Crippen molar-refractivity contribution in [1.82, 2.24) is 0 Å². The topological polar surface area (TPSA) is 0 Å². The Labute approximate surface area is 50.2 Å². The summed E-state index contributed by atoms with van der Waals surface area (Å²) in [5, 5.41) is 0. The second-order valence-electron chi connectivity index (χ2n) is 3.16. The highest BCUT2D eigenvalue weighted by atomic mass is 15.5. The lowest BCUT2D eigenvalue weighted by molar-refractivity contribution is -0.800. The number of quaternary nitrogens is 1. The fourth-order valence-corrected chi connectivity index (χ4v) is 1.21. The summed E-state index contributed by atoms with van der Waals surface area (Å²) in [5.74, 6) is 0. The number of hydrogen-bond donors (Lipinski definition) is 0. The van der Waals surface area contributed by atoms with Crippen LogP contribution in [0.1, 0.15) is 6.42 Å². The van der Waals surface area contributed by atoms with Crippen LogP contribution in [-0.2, 0) is 0 Å². The Morgan fingerprint density at radius 3 is 2.25 bits per heavy atom. The van der Waals surface area contributed by atoms with Crippen molar-refractivity contribution in [3.05, 3.63) is 12.2 Å². The smallest absolute Gasteiger partial charge is 0.129 e. The van der Waals surface area contributed by atoms with Crippen LogP contribution in [0.3, 0.4) is 0 Å². The molecule has 1 heteroatoms. The Balaban J connectivity index is 2.07. The monoisotopic (exact) mass is 110 g/mol. The lowest BCUT2D eigenvalue weighted by Gasteiger charge is -2.25. The van der Waals surface area contributed by atoms with Crippen LogP contribution in [0.4, 0.5) is 0 Å². The zero-order valence-electron chi connectivity index (χ0n) is 5.30. The Morgan fingerprint density at radius 2 is 2.12 bits per heavy atom. The maximum atomic E-state index is 2.34. The summed E-state index contributed by atoms with van der Waals surface area (Å²) in [7, 11) is 2.34. The first-order valence-corrected chi connectivity index (χ1v) is 3.32. The molecule has 0 aromatic rings. The molecule has 2 aliphatic rings. The van der Waals surface area contributed by atoms with Gasteiger partial charge in [0, 0.05) is 6.42 Å². The molecule has 2 rings (SSSR count). The Bertz CT molecular complexity index is 133. The van der Waals surface area contributed by atoms with Gasteiger partial charge < -0.3 is 4.48 Å². The van der Waals surface area contributed by atoms with E-state index in [1.165, 1.54) is 24.0 Å². The third-order valence-corrected chi connectivity index (χ3v) is 2.47. The van der Waals surface area contributed by atoms with Gasteiger partial charge in [-0.15, -0.1) is 0 Å². The molecule has 0 spiro atoms. The van der Waals surface area contributed by atoms with Gasteiger partial charge in [-0.05, 0) is 6.08 Å². The van der Waals surface area contributed by atoms with Crippen molar-refractivity contribution in [3.8, 4) is 0 Å². The van der Waals surface area contributed by atoms with Crippen LogP contribution in [0.2, 0.25) is 0 Å². The molecule has 1 unspecified atom stereocenters. The second-order valence-corrected chi connectivity index (χ2v) is 3.16. The molecule has 1 heterocycles. The number of likely N-dealkylation sites (N-methyl/N-ethyl adjacent to an activating group) is 1. The molecule has 1 nitrogen and oxygen atoms in total. The summed E-state index contributed by atoms with van der Waals surface area (Å²) in [6.45, 7) is 2.82. The van der Waals surface area contributed by atoms with Crippen molar-refractivity contribution >= 4 is 0 Å². The molecule has 1 atom stereocenters. The van der Waals surface area contributed by atoms with E-state index in [9.17, 15) is 0 Å². The van der Waals surface area contributed by atoms with Crippen LogP contribution < -0.4 is 0 Å². The van der Waals surface area contributed by atoms with Crippen LogP contribution in [0.15, 0.2) is 12.2 Å². The summed E-state index contributed by atoms with van der Waals surface area (Å²) < 4.78 is 1.33. The summed E-state index contributed by atoms with van der Waals surface area (Å²) in [6.07, 6.45) is 5.94. The molecule has 1 fully saturated rings. The molecule has 0 aromatic carbocycles. The molecule has 0 saturated carbocycles. The van der Waals surface area contributed by atoms with Crippen molar-refractivity contribution in [2.24, 2.45) is 0 Å². The lowest BCUT2D eigenvalue weighted by Crippen LogP contribution is -2.35. The standard InChI is InChI=1S/C7H12N/c1-8(5-6-8)7-3-2-4-7/h2-3,7H,4-6H2,1H3/q+1. The number of nitrogens with zero attached hydrogens (tertiary/aromatic N) is 1. The highest BCUT2D eigenvalue weighted by Crippen LogP contribution is 2.30. The molecule has 1 aliphatic carbocycles. The van der Waals surface area contributed by atoms with E-state index in [1.807, 2.05) is 0 Å². The van der Waals surface area contributed by atoms with Crippen LogP contribution in [-0.4, -0.2) is 30.7 Å². The Hall–Kier alpha value is -0.300. The van der Waals surface area contributed by atoms with Crippen molar-refractivity contribution in [2.75, 3.05) is 20.1 Å². The Kier molecular flexibility index (Phi) is 0.662. The van der Waals surface area contributed by atoms with Crippen molar-refractivity contribution < 1.29 is 4.48 Å². The van der Waals surface area contributed by atoms with Gasteiger partial charge in [-0.25, -0.2) is 0 Å². The van der Waals surface area contributed by atoms with Crippen molar-refractivity contribution in [3.63, 3.8) is 0 Å². The maximum absolute atomic E-state index is 2.34. The van der Waals surface area contributed by atoms with Gasteiger partial charge in [0.25, 0.3) is 0 Å². The predicted molar refractivity (Wildman–Crippen MR) is 33.5 cm³/mol. The van der Waals surface area contributed by atoms with E-state index in [4.69, 9.17) is 0 Å². The summed E-state index contributed by atoms with van der Waals surface area (Å²) in [6, 6.07) is 0.898. The van der Waals surface area contributed by atoms with Gasteiger partial charge >= 0.3 is 0 Å². The molecule has 0 amide bonds. The van der Waals surface area contributed by atoms with Gasteiger partial charge in [0.05, 0.1) is 7.05 Å². The number of hydrogen-bond acceptors (Lipinski definition) is 0. The van der Waals surface area contributed by atoms with E-state index >= 15 is 0 Å². The van der Waals surface area contributed by atoms with E-state index in [-0.39, 0.29) is 0 Å². The normalized spacial score (nSPS) is 38.9. The van der Waals surface area contributed by atoms with Gasteiger partial charge in [-0.2, -0.15) is 0 Å². The Morgan fingerprint density at radius 1 is 1.50 bits per heavy atom. The van der Waals surface area contributed by atoms with E-state index in [0.29, 0.717) is 0 Å². The average molecular weight is 110 g/mol. The zero-order chi connectivity index (χ0) is 5.61. The highest BCUT2D eigenvalue weighted by Gasteiger charge is 2.44. The maximum Gasteiger partial charge on any atom is 0.129 e. The van der Waals surface area contributed by atoms with Crippen LogP contribution >= 0.6 is 0 Å². The fraction of sp³-hybridized carbons (Fsp3) is 0.714. The minimum Gasteiger partial charge on any atom is -0.311 e. The molecule has 0 N–H and O–H groups in total. The molecular weight excluding hydrogens is 98.1 g/mol. The molecule has 1 saturated heterocycles. The molecule has 0 bridgehead atoms. The summed E-state index contributed by atoms with van der Waals surface area (Å²) >= 11 is 0. The average Bonchev–Trinajstić information content (AvgIpc) is 2.12. The first-order valence-electron chi connectivity index (χ1n) is 3.32. The molecular formula is C7H12N+. The summed E-state index contributed by atoms with van der Waals surface area (Å²) in [5.41, 5.74) is 0. The SMILES string of the molecule is C[N+]1(C2C=CC2)CC1. The van der Waals surface area contributed by atoms with Crippen molar-refractivity contribution in [1.29, 1.82) is 0 Å². The quantitative estimate of drug-likeness (QED) is 0.266. The molecule has 0 aromatic heterocycles. The molecule has 1 aliphatic heterocycles. The molecule has 0 radical (unpaired) electrons. The van der Waals surface area contributed by atoms with Gasteiger partial charge in [-0.1, -0.05) is 6.08 Å². The van der Waals surface area contributed by atoms with Crippen molar-refractivity contribution in [2.45, 2.75) is 12.5 Å². The number of rotatable bonds is 1. The molecule has 8 heavy (non-hydrogen) atoms. The first kappa shape index (κ1) is 4.57. The lowest BCUT2D eigenvalue weighted by atomic mass is 10.0. The van der Waals surface area contributed by atoms with E-state index in [0.717, 1.165) is 6.04 Å². The fourth-order valence-electron chi connectivity index (χ4n) is 1.21. The van der Waals surface area contributed by atoms with E-state index in [1.54, 1.807) is 0 Å². The third kappa shape index (κ3) is 0.451.